The zero-order valence-electron chi connectivity index (χ0n) is 18.0. The first-order valence-electron chi connectivity index (χ1n) is 9.79. The summed E-state index contributed by atoms with van der Waals surface area (Å²) in [7, 11) is -0.977. The van der Waals surface area contributed by atoms with Crippen molar-refractivity contribution in [1.29, 1.82) is 0 Å². The summed E-state index contributed by atoms with van der Waals surface area (Å²) < 4.78 is 0. The molecule has 4 heteroatoms. The smallest absolute Gasteiger partial charge is 1.00 e. The predicted molar refractivity (Wildman–Crippen MR) is 112 cm³/mol. The van der Waals surface area contributed by atoms with E-state index in [-0.39, 0.29) is 56.1 Å². The van der Waals surface area contributed by atoms with Gasteiger partial charge < -0.3 is 24.8 Å². The Labute approximate surface area is 205 Å². The van der Waals surface area contributed by atoms with E-state index in [4.69, 9.17) is 0 Å². The molecular formula is C24H32Cl2HfSi. The SMILES string of the molecule is CC1=[C-]C(C)(C)C(C)=C1C.CC[Si]1(C2[C-]=Cc3ccccc32)CCC1.[Cl-].[Cl-].[Hf+4]. The van der Waals surface area contributed by atoms with Crippen LogP contribution in [0.4, 0.5) is 0 Å². The molecule has 1 heterocycles. The number of benzene rings is 1. The Hall–Kier alpha value is 0.107. The van der Waals surface area contributed by atoms with Crippen LogP contribution in [0, 0.1) is 17.6 Å². The normalized spacial score (nSPS) is 22.4. The van der Waals surface area contributed by atoms with Crippen molar-refractivity contribution in [2.24, 2.45) is 5.41 Å². The summed E-state index contributed by atoms with van der Waals surface area (Å²) in [5.74, 6) is 0. The van der Waals surface area contributed by atoms with E-state index < -0.39 is 8.07 Å². The molecule has 0 spiro atoms. The quantitative estimate of drug-likeness (QED) is 0.354. The van der Waals surface area contributed by atoms with Gasteiger partial charge in [0, 0.05) is 8.07 Å². The zero-order chi connectivity index (χ0) is 18.2. The second-order valence-corrected chi connectivity index (χ2v) is 13.6. The molecule has 1 aromatic rings. The largest absolute Gasteiger partial charge is 4.00 e. The van der Waals surface area contributed by atoms with Crippen LogP contribution in [0.2, 0.25) is 18.1 Å². The number of fused-ring (bicyclic) bond motifs is 1. The van der Waals surface area contributed by atoms with E-state index in [1.165, 1.54) is 46.8 Å². The summed E-state index contributed by atoms with van der Waals surface area (Å²) in [4.78, 5) is 0. The predicted octanol–water partition coefficient (Wildman–Crippen LogP) is 1.13. The molecule has 1 saturated heterocycles. The first-order valence-corrected chi connectivity index (χ1v) is 12.5. The van der Waals surface area contributed by atoms with Gasteiger partial charge in [0.05, 0.1) is 0 Å². The van der Waals surface area contributed by atoms with Crippen LogP contribution in [0.1, 0.15) is 64.6 Å². The Kier molecular flexibility index (Phi) is 11.0. The molecule has 1 unspecified atom stereocenters. The van der Waals surface area contributed by atoms with Gasteiger partial charge in [-0.3, -0.25) is 12.2 Å². The van der Waals surface area contributed by atoms with Crippen LogP contribution in [0.15, 0.2) is 41.0 Å². The molecule has 0 saturated carbocycles. The summed E-state index contributed by atoms with van der Waals surface area (Å²) in [5.41, 5.74) is 8.11. The Morgan fingerprint density at radius 2 is 1.68 bits per heavy atom. The number of rotatable bonds is 2. The molecule has 1 aliphatic heterocycles. The number of hydrogen-bond acceptors (Lipinski definition) is 0. The van der Waals surface area contributed by atoms with Gasteiger partial charge >= 0.3 is 25.8 Å². The van der Waals surface area contributed by atoms with E-state index >= 15 is 0 Å². The molecule has 1 aromatic carbocycles. The molecule has 0 radical (unpaired) electrons. The molecular weight excluding hydrogens is 566 g/mol. The third-order valence-electron chi connectivity index (χ3n) is 6.94. The second-order valence-electron chi connectivity index (χ2n) is 8.57. The molecule has 0 bridgehead atoms. The molecule has 0 nitrogen and oxygen atoms in total. The molecule has 0 N–H and O–H groups in total. The van der Waals surface area contributed by atoms with E-state index in [1.54, 1.807) is 5.56 Å². The Morgan fingerprint density at radius 1 is 1.07 bits per heavy atom. The van der Waals surface area contributed by atoms with Crippen molar-refractivity contribution in [3.05, 3.63) is 64.3 Å². The van der Waals surface area contributed by atoms with Gasteiger partial charge in [-0.2, -0.15) is 16.7 Å². The maximum absolute atomic E-state index is 3.65. The average Bonchev–Trinajstić information content (AvgIpc) is 3.04. The first-order chi connectivity index (χ1) is 11.8. The topological polar surface area (TPSA) is 0 Å². The molecule has 2 aliphatic carbocycles. The molecule has 0 aromatic heterocycles. The van der Waals surface area contributed by atoms with Crippen molar-refractivity contribution in [2.45, 2.75) is 71.6 Å². The van der Waals surface area contributed by atoms with E-state index in [9.17, 15) is 0 Å². The van der Waals surface area contributed by atoms with Gasteiger partial charge in [-0.25, -0.2) is 11.6 Å². The number of hydrogen-bond donors (Lipinski definition) is 0. The fraction of sp³-hybridized carbons (Fsp3) is 0.500. The maximum atomic E-state index is 3.65. The van der Waals surface area contributed by atoms with Crippen LogP contribution in [-0.2, 0) is 25.8 Å². The molecule has 3 aliphatic rings. The minimum absolute atomic E-state index is 0. The molecule has 1 fully saturated rings. The monoisotopic (exact) mass is 598 g/mol. The third kappa shape index (κ3) is 5.23. The fourth-order valence-corrected chi connectivity index (χ4v) is 8.87. The van der Waals surface area contributed by atoms with Crippen molar-refractivity contribution >= 4 is 14.1 Å². The van der Waals surface area contributed by atoms with Gasteiger partial charge in [0.1, 0.15) is 0 Å². The summed E-state index contributed by atoms with van der Waals surface area (Å²) in [6.07, 6.45) is 10.8. The Morgan fingerprint density at radius 3 is 2.07 bits per heavy atom. The number of halogens is 2. The van der Waals surface area contributed by atoms with E-state index in [1.807, 2.05) is 0 Å². The van der Waals surface area contributed by atoms with Crippen LogP contribution >= 0.6 is 0 Å². The van der Waals surface area contributed by atoms with Gasteiger partial charge in [-0.05, 0) is 0 Å². The molecule has 1 atom stereocenters. The molecule has 0 amide bonds. The van der Waals surface area contributed by atoms with Crippen molar-refractivity contribution in [3.8, 4) is 0 Å². The van der Waals surface area contributed by atoms with Crippen LogP contribution in [0.25, 0.3) is 6.08 Å². The van der Waals surface area contributed by atoms with Crippen molar-refractivity contribution < 1.29 is 50.7 Å². The van der Waals surface area contributed by atoms with Crippen LogP contribution in [-0.4, -0.2) is 8.07 Å². The Balaban J connectivity index is 0.000000503. The second kappa shape index (κ2) is 10.9. The third-order valence-corrected chi connectivity index (χ3v) is 12.8. The van der Waals surface area contributed by atoms with Crippen LogP contribution < -0.4 is 24.8 Å². The minimum atomic E-state index is -0.977. The molecule has 150 valence electrons. The van der Waals surface area contributed by atoms with Gasteiger partial charge in [0.15, 0.2) is 0 Å². The average molecular weight is 598 g/mol. The van der Waals surface area contributed by atoms with Crippen molar-refractivity contribution in [2.75, 3.05) is 0 Å². The van der Waals surface area contributed by atoms with Gasteiger partial charge in [0.25, 0.3) is 0 Å². The summed E-state index contributed by atoms with van der Waals surface area (Å²) in [6.45, 7) is 13.3. The first kappa shape index (κ1) is 28.1. The van der Waals surface area contributed by atoms with E-state index in [2.05, 4.69) is 84.0 Å². The van der Waals surface area contributed by atoms with Crippen molar-refractivity contribution in [1.82, 2.24) is 0 Å². The fourth-order valence-electron chi connectivity index (χ4n) is 4.56. The van der Waals surface area contributed by atoms with Gasteiger partial charge in [-0.15, -0.1) is 18.6 Å². The van der Waals surface area contributed by atoms with Crippen LogP contribution in [0.3, 0.4) is 0 Å². The standard InChI is InChI=1S/C14H17Si.C10H15.2ClH.Hf/c1-2-15(10-5-11-15)14-9-8-12-6-3-4-7-13(12)14;1-7-6-10(4,5)9(3)8(7)2;;;/h3-4,6-8,14H,2,5,10-11H2,1H3;1-5H3;2*1H;/q2*-1;;;+4/p-2. The summed E-state index contributed by atoms with van der Waals surface area (Å²) >= 11 is 0. The number of allylic oxidation sites excluding steroid dienone is 5. The van der Waals surface area contributed by atoms with Gasteiger partial charge in [-0.1, -0.05) is 88.3 Å². The summed E-state index contributed by atoms with van der Waals surface area (Å²) in [5, 5.41) is 0. The van der Waals surface area contributed by atoms with Crippen molar-refractivity contribution in [3.63, 3.8) is 0 Å². The molecule has 4 rings (SSSR count). The molecule has 28 heavy (non-hydrogen) atoms. The van der Waals surface area contributed by atoms with Gasteiger partial charge in [0.2, 0.25) is 0 Å². The summed E-state index contributed by atoms with van der Waals surface area (Å²) in [6, 6.07) is 13.4. The Bertz CT molecular complexity index is 752. The zero-order valence-corrected chi connectivity index (χ0v) is 24.2. The van der Waals surface area contributed by atoms with E-state index in [0.717, 1.165) is 0 Å². The van der Waals surface area contributed by atoms with Crippen LogP contribution in [0.5, 0.6) is 0 Å². The van der Waals surface area contributed by atoms with E-state index in [0.29, 0.717) is 5.54 Å². The minimum Gasteiger partial charge on any atom is -1.00 e. The maximum Gasteiger partial charge on any atom is 4.00 e.